The number of fused-ring (bicyclic) bond motifs is 2. The minimum Gasteiger partial charge on any atom is -0.443 e. The Morgan fingerprint density at radius 2 is 1.55 bits per heavy atom. The van der Waals surface area contributed by atoms with Gasteiger partial charge in [-0.3, -0.25) is 14.3 Å². The van der Waals surface area contributed by atoms with E-state index in [-0.39, 0.29) is 31.6 Å². The van der Waals surface area contributed by atoms with Crippen molar-refractivity contribution in [2.45, 2.75) is 63.7 Å². The van der Waals surface area contributed by atoms with Gasteiger partial charge in [0.15, 0.2) is 5.82 Å². The third-order valence-corrected chi connectivity index (χ3v) is 8.61. The van der Waals surface area contributed by atoms with Crippen LogP contribution >= 0.6 is 0 Å². The minimum absolute atomic E-state index is 0.0108. The van der Waals surface area contributed by atoms with Crippen LogP contribution in [-0.2, 0) is 23.5 Å². The highest BCUT2D eigenvalue weighted by molar-refractivity contribution is 5.95. The second-order valence-corrected chi connectivity index (χ2v) is 13.3. The van der Waals surface area contributed by atoms with Crippen molar-refractivity contribution >= 4 is 28.5 Å². The van der Waals surface area contributed by atoms with Crippen LogP contribution in [0.2, 0.25) is 0 Å². The first-order valence-electron chi connectivity index (χ1n) is 15.6. The Morgan fingerprint density at radius 3 is 2.18 bits per heavy atom. The van der Waals surface area contributed by atoms with Gasteiger partial charge in [0.25, 0.3) is 5.91 Å². The van der Waals surface area contributed by atoms with Crippen LogP contribution in [0.1, 0.15) is 60.1 Å². The smallest absolute Gasteiger partial charge is 0.419 e. The highest BCUT2D eigenvalue weighted by atomic mass is 19.4. The Morgan fingerprint density at radius 1 is 0.898 bits per heavy atom. The Bertz CT molecular complexity index is 1880. The van der Waals surface area contributed by atoms with Gasteiger partial charge in [-0.05, 0) is 69.5 Å². The number of piperazine rings is 1. The van der Waals surface area contributed by atoms with Gasteiger partial charge < -0.3 is 9.64 Å². The van der Waals surface area contributed by atoms with Crippen molar-refractivity contribution in [1.29, 1.82) is 0 Å². The molecule has 0 bridgehead atoms. The molecule has 1 fully saturated rings. The van der Waals surface area contributed by atoms with E-state index in [1.165, 1.54) is 9.47 Å². The number of ether oxygens (including phenoxy) is 1. The molecular weight excluding hydrogens is 652 g/mol. The van der Waals surface area contributed by atoms with Crippen molar-refractivity contribution < 1.29 is 40.7 Å². The second kappa shape index (κ2) is 12.6. The molecule has 1 amide bonds. The van der Waals surface area contributed by atoms with Crippen molar-refractivity contribution in [1.82, 2.24) is 24.3 Å². The Kier molecular flexibility index (Phi) is 8.80. The summed E-state index contributed by atoms with van der Waals surface area (Å²) >= 11 is 0. The summed E-state index contributed by atoms with van der Waals surface area (Å²) in [6.07, 6.45) is -3.43. The molecule has 258 valence electrons. The zero-order valence-corrected chi connectivity index (χ0v) is 26.8. The molecule has 1 saturated heterocycles. The minimum atomic E-state index is -5.11. The number of nitrogens with zero attached hydrogens (tertiary/aromatic N) is 5. The van der Waals surface area contributed by atoms with Crippen LogP contribution in [0, 0.1) is 0 Å². The molecule has 2 unspecified atom stereocenters. The van der Waals surface area contributed by atoms with Crippen molar-refractivity contribution in [2.75, 3.05) is 19.6 Å². The fourth-order valence-corrected chi connectivity index (χ4v) is 6.41. The summed E-state index contributed by atoms with van der Waals surface area (Å²) < 4.78 is 89.6. The van der Waals surface area contributed by atoms with Gasteiger partial charge in [0.1, 0.15) is 5.60 Å². The van der Waals surface area contributed by atoms with Gasteiger partial charge in [-0.15, -0.1) is 0 Å². The van der Waals surface area contributed by atoms with Gasteiger partial charge in [0.2, 0.25) is 0 Å². The lowest BCUT2D eigenvalue weighted by atomic mass is 9.93. The van der Waals surface area contributed by atoms with E-state index in [2.05, 4.69) is 14.9 Å². The normalized spacial score (nSPS) is 19.0. The summed E-state index contributed by atoms with van der Waals surface area (Å²) in [5.41, 5.74) is -2.54. The number of aromatic nitrogens is 3. The summed E-state index contributed by atoms with van der Waals surface area (Å²) in [5.74, 6) is -0.404. The number of para-hydroxylation sites is 1. The quantitative estimate of drug-likeness (QED) is 0.208. The summed E-state index contributed by atoms with van der Waals surface area (Å²) in [4.78, 5) is 39.5. The maximum atomic E-state index is 14.1. The van der Waals surface area contributed by atoms with E-state index in [9.17, 15) is 35.9 Å². The fraction of sp³-hybridized carbons (Fsp3) is 0.371. The van der Waals surface area contributed by atoms with E-state index in [4.69, 9.17) is 4.74 Å². The molecule has 2 aromatic heterocycles. The van der Waals surface area contributed by atoms with E-state index in [0.717, 1.165) is 5.57 Å². The summed E-state index contributed by atoms with van der Waals surface area (Å²) in [5, 5.41) is 0.693. The number of halogens is 6. The number of benzene rings is 2. The molecule has 2 aromatic carbocycles. The molecule has 0 saturated carbocycles. The number of amides is 1. The van der Waals surface area contributed by atoms with Crippen LogP contribution in [0.4, 0.5) is 31.1 Å². The van der Waals surface area contributed by atoms with Crippen LogP contribution in [0.5, 0.6) is 0 Å². The van der Waals surface area contributed by atoms with E-state index in [1.807, 2.05) is 6.08 Å². The summed E-state index contributed by atoms with van der Waals surface area (Å²) in [7, 11) is 0. The largest absolute Gasteiger partial charge is 0.443 e. The lowest BCUT2D eigenvalue weighted by Gasteiger charge is -2.48. The molecular formula is C35H33F6N5O3. The Balaban J connectivity index is 1.40. The first-order valence-corrected chi connectivity index (χ1v) is 15.6. The third-order valence-electron chi connectivity index (χ3n) is 8.61. The molecule has 8 nitrogen and oxygen atoms in total. The zero-order valence-electron chi connectivity index (χ0n) is 26.8. The number of hydrogen-bond donors (Lipinski definition) is 0. The average Bonchev–Trinajstić information content (AvgIpc) is 3.41. The first-order chi connectivity index (χ1) is 23.0. The van der Waals surface area contributed by atoms with E-state index in [1.54, 1.807) is 69.7 Å². The predicted molar refractivity (Wildman–Crippen MR) is 169 cm³/mol. The van der Waals surface area contributed by atoms with Crippen molar-refractivity contribution in [3.63, 3.8) is 0 Å². The van der Waals surface area contributed by atoms with Crippen molar-refractivity contribution in [3.05, 3.63) is 101 Å². The van der Waals surface area contributed by atoms with Crippen LogP contribution in [0.15, 0.2) is 73.2 Å². The molecule has 0 radical (unpaired) electrons. The molecule has 14 heteroatoms. The van der Waals surface area contributed by atoms with Gasteiger partial charge in [0.05, 0.1) is 16.6 Å². The fourth-order valence-electron chi connectivity index (χ4n) is 6.41. The molecule has 0 spiro atoms. The van der Waals surface area contributed by atoms with Gasteiger partial charge in [0, 0.05) is 66.8 Å². The molecule has 2 aliphatic rings. The number of carbonyl (C=O) groups excluding carboxylic acids is 2. The Hall–Kier alpha value is -4.72. The van der Waals surface area contributed by atoms with Gasteiger partial charge >= 0.3 is 18.4 Å². The zero-order chi connectivity index (χ0) is 35.3. The van der Waals surface area contributed by atoms with Gasteiger partial charge in [-0.2, -0.15) is 26.3 Å². The highest BCUT2D eigenvalue weighted by Crippen LogP contribution is 2.38. The topological polar surface area (TPSA) is 80.6 Å². The van der Waals surface area contributed by atoms with Crippen LogP contribution in [0.3, 0.4) is 0 Å². The van der Waals surface area contributed by atoms with Crippen LogP contribution in [0.25, 0.3) is 16.5 Å². The summed E-state index contributed by atoms with van der Waals surface area (Å²) in [6.45, 7) is 5.93. The molecule has 2 aliphatic heterocycles. The monoisotopic (exact) mass is 685 g/mol. The molecule has 0 aliphatic carbocycles. The summed E-state index contributed by atoms with van der Waals surface area (Å²) in [6, 6.07) is 8.79. The van der Waals surface area contributed by atoms with E-state index < -0.39 is 52.7 Å². The number of carbonyl (C=O) groups is 2. The van der Waals surface area contributed by atoms with Crippen LogP contribution in [-0.4, -0.2) is 73.7 Å². The lowest BCUT2D eigenvalue weighted by molar-refractivity contribution is -0.143. The first kappa shape index (κ1) is 34.2. The SMILES string of the molecule is CC(C)(C)OC(=O)n1cc(CC2CN3CC(c4ncccn4)=CCC3CN2C(=O)c2cc(C(F)(F)F)cc(C(F)(F)F)c2)c2ccccc21. The predicted octanol–water partition coefficient (Wildman–Crippen LogP) is 7.48. The van der Waals surface area contributed by atoms with E-state index in [0.29, 0.717) is 47.4 Å². The average molecular weight is 686 g/mol. The molecule has 4 aromatic rings. The van der Waals surface area contributed by atoms with Crippen molar-refractivity contribution in [3.8, 4) is 0 Å². The maximum Gasteiger partial charge on any atom is 0.419 e. The molecule has 0 N–H and O–H groups in total. The number of hydrogen-bond acceptors (Lipinski definition) is 6. The van der Waals surface area contributed by atoms with Gasteiger partial charge in [-0.1, -0.05) is 24.3 Å². The molecule has 6 rings (SSSR count). The molecule has 49 heavy (non-hydrogen) atoms. The van der Waals surface area contributed by atoms with Crippen molar-refractivity contribution in [2.24, 2.45) is 0 Å². The maximum absolute atomic E-state index is 14.1. The molecule has 2 atom stereocenters. The second-order valence-electron chi connectivity index (χ2n) is 13.3. The number of rotatable bonds is 4. The van der Waals surface area contributed by atoms with Gasteiger partial charge in [-0.25, -0.2) is 14.8 Å². The standard InChI is InChI=1S/C35H33F6N5O3/c1-33(2,3)49-32(48)46-18-23(28-7-4-5-8-29(28)46)15-27-19-44-17-21(30-42-11-6-12-43-30)9-10-26(44)20-45(27)31(47)22-13-24(34(36,37)38)16-25(14-22)35(39,40)41/h4-9,11-14,16,18,26-27H,10,15,17,19-20H2,1-3H3. The number of alkyl halides is 6. The Labute approximate surface area is 278 Å². The third kappa shape index (κ3) is 7.33. The van der Waals surface area contributed by atoms with Crippen LogP contribution < -0.4 is 0 Å². The van der Waals surface area contributed by atoms with E-state index >= 15 is 0 Å². The molecule has 4 heterocycles. The highest BCUT2D eigenvalue weighted by Gasteiger charge is 2.42. The lowest BCUT2D eigenvalue weighted by Crippen LogP contribution is -2.61.